The lowest BCUT2D eigenvalue weighted by molar-refractivity contribution is 0.233. The van der Waals surface area contributed by atoms with E-state index in [4.69, 9.17) is 4.74 Å². The van der Waals surface area contributed by atoms with E-state index in [1.807, 2.05) is 55.5 Å². The number of carbonyl (C=O) groups excluding carboxylic acids is 1. The third-order valence-electron chi connectivity index (χ3n) is 3.49. The molecule has 2 aromatic carbocycles. The zero-order valence-electron chi connectivity index (χ0n) is 13.5. The molecule has 0 fully saturated rings. The molecule has 1 atom stereocenters. The van der Waals surface area contributed by atoms with E-state index in [1.54, 1.807) is 0 Å². The van der Waals surface area contributed by atoms with Gasteiger partial charge in [0.05, 0.1) is 6.54 Å². The summed E-state index contributed by atoms with van der Waals surface area (Å²) >= 11 is 0. The van der Waals surface area contributed by atoms with Crippen LogP contribution in [0, 0.1) is 0 Å². The van der Waals surface area contributed by atoms with Crippen LogP contribution in [-0.4, -0.2) is 25.2 Å². The van der Waals surface area contributed by atoms with Crippen molar-refractivity contribution >= 4 is 6.03 Å². The normalized spacial score (nSPS) is 11.5. The number of nitrogens with one attached hydrogen (secondary N) is 2. The Labute approximate surface area is 137 Å². The highest BCUT2D eigenvalue weighted by Gasteiger charge is 2.06. The van der Waals surface area contributed by atoms with E-state index >= 15 is 0 Å². The van der Waals surface area contributed by atoms with Crippen molar-refractivity contribution < 1.29 is 9.53 Å². The molecule has 0 aliphatic carbocycles. The average molecular weight is 312 g/mol. The van der Waals surface area contributed by atoms with Crippen LogP contribution in [0.3, 0.4) is 0 Å². The minimum Gasteiger partial charge on any atom is -0.492 e. The highest BCUT2D eigenvalue weighted by molar-refractivity contribution is 5.74. The quantitative estimate of drug-likeness (QED) is 0.734. The molecule has 2 aromatic rings. The molecular weight excluding hydrogens is 288 g/mol. The summed E-state index contributed by atoms with van der Waals surface area (Å²) in [6, 6.07) is 19.8. The number of ether oxygens (including phenoxy) is 1. The van der Waals surface area contributed by atoms with Crippen LogP contribution in [0.15, 0.2) is 60.7 Å². The minimum absolute atomic E-state index is 0.130. The van der Waals surface area contributed by atoms with Crippen LogP contribution in [0.1, 0.15) is 18.9 Å². The van der Waals surface area contributed by atoms with Gasteiger partial charge >= 0.3 is 6.03 Å². The largest absolute Gasteiger partial charge is 0.492 e. The molecule has 122 valence electrons. The number of carbonyl (C=O) groups is 1. The molecule has 0 aliphatic heterocycles. The molecule has 4 nitrogen and oxygen atoms in total. The van der Waals surface area contributed by atoms with Crippen LogP contribution in [0.2, 0.25) is 0 Å². The van der Waals surface area contributed by atoms with E-state index in [2.05, 4.69) is 22.8 Å². The van der Waals surface area contributed by atoms with E-state index in [0.29, 0.717) is 13.2 Å². The maximum absolute atomic E-state index is 11.8. The number of aryl methyl sites for hydroxylation is 1. The Morgan fingerprint density at radius 1 is 1.04 bits per heavy atom. The third-order valence-corrected chi connectivity index (χ3v) is 3.49. The van der Waals surface area contributed by atoms with Gasteiger partial charge in [0.2, 0.25) is 0 Å². The van der Waals surface area contributed by atoms with Crippen molar-refractivity contribution in [3.8, 4) is 5.75 Å². The van der Waals surface area contributed by atoms with Crippen molar-refractivity contribution in [2.75, 3.05) is 13.2 Å². The zero-order chi connectivity index (χ0) is 16.3. The summed E-state index contributed by atoms with van der Waals surface area (Å²) in [5.74, 6) is 0.811. The van der Waals surface area contributed by atoms with Gasteiger partial charge in [0.25, 0.3) is 0 Å². The van der Waals surface area contributed by atoms with Gasteiger partial charge in [-0.25, -0.2) is 4.79 Å². The summed E-state index contributed by atoms with van der Waals surface area (Å²) in [7, 11) is 0. The molecule has 2 N–H and O–H groups in total. The summed E-state index contributed by atoms with van der Waals surface area (Å²) in [5.41, 5.74) is 1.29. The minimum atomic E-state index is -0.151. The zero-order valence-corrected chi connectivity index (χ0v) is 13.5. The van der Waals surface area contributed by atoms with Crippen LogP contribution in [0.25, 0.3) is 0 Å². The van der Waals surface area contributed by atoms with Gasteiger partial charge in [-0.2, -0.15) is 0 Å². The predicted molar refractivity (Wildman–Crippen MR) is 92.7 cm³/mol. The number of rotatable bonds is 8. The third kappa shape index (κ3) is 6.87. The standard InChI is InChI=1S/C19H24N2O2/c1-16(12-13-17-8-4-2-5-9-17)21-19(22)20-14-15-23-18-10-6-3-7-11-18/h2-11,16H,12-15H2,1H3,(H2,20,21,22). The maximum atomic E-state index is 11.8. The SMILES string of the molecule is CC(CCc1ccccc1)NC(=O)NCCOc1ccccc1. The number of amides is 2. The Morgan fingerprint density at radius 2 is 1.70 bits per heavy atom. The average Bonchev–Trinajstić information content (AvgIpc) is 2.59. The van der Waals surface area contributed by atoms with Gasteiger partial charge in [0, 0.05) is 6.04 Å². The highest BCUT2D eigenvalue weighted by atomic mass is 16.5. The summed E-state index contributed by atoms with van der Waals surface area (Å²) in [6.45, 7) is 2.95. The first-order valence-corrected chi connectivity index (χ1v) is 8.00. The molecule has 2 rings (SSSR count). The first-order valence-electron chi connectivity index (χ1n) is 8.00. The number of hydrogen-bond donors (Lipinski definition) is 2. The topological polar surface area (TPSA) is 50.4 Å². The first-order chi connectivity index (χ1) is 11.2. The van der Waals surface area contributed by atoms with Crippen molar-refractivity contribution in [1.82, 2.24) is 10.6 Å². The Hall–Kier alpha value is -2.49. The molecule has 0 saturated heterocycles. The van der Waals surface area contributed by atoms with Crippen molar-refractivity contribution in [2.24, 2.45) is 0 Å². The molecule has 0 spiro atoms. The van der Waals surface area contributed by atoms with Gasteiger partial charge in [-0.3, -0.25) is 0 Å². The van der Waals surface area contributed by atoms with Crippen molar-refractivity contribution in [2.45, 2.75) is 25.8 Å². The first kappa shape index (κ1) is 16.9. The van der Waals surface area contributed by atoms with E-state index in [0.717, 1.165) is 18.6 Å². The summed E-state index contributed by atoms with van der Waals surface area (Å²) in [6.07, 6.45) is 1.87. The summed E-state index contributed by atoms with van der Waals surface area (Å²) in [5, 5.41) is 5.75. The Balaban J connectivity index is 1.57. The molecular formula is C19H24N2O2. The van der Waals surface area contributed by atoms with Gasteiger partial charge in [0.1, 0.15) is 12.4 Å². The van der Waals surface area contributed by atoms with Crippen LogP contribution in [0.5, 0.6) is 5.75 Å². The second kappa shape index (κ2) is 9.51. The fourth-order valence-electron chi connectivity index (χ4n) is 2.23. The monoisotopic (exact) mass is 312 g/mol. The van der Waals surface area contributed by atoms with E-state index in [9.17, 15) is 4.79 Å². The number of hydrogen-bond acceptors (Lipinski definition) is 2. The van der Waals surface area contributed by atoms with Crippen molar-refractivity contribution in [1.29, 1.82) is 0 Å². The lowest BCUT2D eigenvalue weighted by Crippen LogP contribution is -2.42. The molecule has 0 saturated carbocycles. The molecule has 0 aromatic heterocycles. The molecule has 23 heavy (non-hydrogen) atoms. The van der Waals surface area contributed by atoms with E-state index < -0.39 is 0 Å². The predicted octanol–water partition coefficient (Wildman–Crippen LogP) is 3.39. The molecule has 2 amide bonds. The molecule has 0 radical (unpaired) electrons. The van der Waals surface area contributed by atoms with Crippen LogP contribution in [-0.2, 0) is 6.42 Å². The van der Waals surface area contributed by atoms with Crippen LogP contribution >= 0.6 is 0 Å². The van der Waals surface area contributed by atoms with Crippen molar-refractivity contribution in [3.63, 3.8) is 0 Å². The summed E-state index contributed by atoms with van der Waals surface area (Å²) < 4.78 is 5.52. The number of para-hydroxylation sites is 1. The van der Waals surface area contributed by atoms with Gasteiger partial charge in [-0.05, 0) is 37.5 Å². The Bertz CT molecular complexity index is 572. The lowest BCUT2D eigenvalue weighted by Gasteiger charge is -2.15. The lowest BCUT2D eigenvalue weighted by atomic mass is 10.1. The Kier molecular flexibility index (Phi) is 6.98. The number of benzene rings is 2. The molecule has 0 bridgehead atoms. The van der Waals surface area contributed by atoms with Crippen LogP contribution < -0.4 is 15.4 Å². The molecule has 0 aliphatic rings. The fraction of sp³-hybridized carbons (Fsp3) is 0.316. The van der Waals surface area contributed by atoms with E-state index in [-0.39, 0.29) is 12.1 Å². The molecule has 0 heterocycles. The summed E-state index contributed by atoms with van der Waals surface area (Å²) in [4.78, 5) is 11.8. The van der Waals surface area contributed by atoms with E-state index in [1.165, 1.54) is 5.56 Å². The van der Waals surface area contributed by atoms with Crippen LogP contribution in [0.4, 0.5) is 4.79 Å². The van der Waals surface area contributed by atoms with Gasteiger partial charge in [0.15, 0.2) is 0 Å². The molecule has 1 unspecified atom stereocenters. The molecule has 4 heteroatoms. The smallest absolute Gasteiger partial charge is 0.315 e. The van der Waals surface area contributed by atoms with Gasteiger partial charge < -0.3 is 15.4 Å². The van der Waals surface area contributed by atoms with Crippen molar-refractivity contribution in [3.05, 3.63) is 66.2 Å². The van der Waals surface area contributed by atoms with Gasteiger partial charge in [-0.15, -0.1) is 0 Å². The second-order valence-electron chi connectivity index (χ2n) is 5.49. The second-order valence-corrected chi connectivity index (χ2v) is 5.49. The highest BCUT2D eigenvalue weighted by Crippen LogP contribution is 2.07. The number of urea groups is 1. The van der Waals surface area contributed by atoms with Gasteiger partial charge in [-0.1, -0.05) is 48.5 Å². The fourth-order valence-corrected chi connectivity index (χ4v) is 2.23. The Morgan fingerprint density at radius 3 is 2.39 bits per heavy atom. The maximum Gasteiger partial charge on any atom is 0.315 e.